The fourth-order valence-electron chi connectivity index (χ4n) is 2.65. The summed E-state index contributed by atoms with van der Waals surface area (Å²) in [6, 6.07) is 16.2. The molecular weight excluding hydrogens is 368 g/mol. The smallest absolute Gasteiger partial charge is 0.148 e. The van der Waals surface area contributed by atoms with Crippen molar-refractivity contribution in [1.82, 2.24) is 0 Å². The molecular formula is C20H23BrO3. The Kier molecular flexibility index (Phi) is 7.47. The number of benzene rings is 2. The van der Waals surface area contributed by atoms with Gasteiger partial charge in [0.1, 0.15) is 24.7 Å². The van der Waals surface area contributed by atoms with Gasteiger partial charge < -0.3 is 14.3 Å². The monoisotopic (exact) mass is 390 g/mol. The van der Waals surface area contributed by atoms with Gasteiger partial charge in [0.25, 0.3) is 0 Å². The van der Waals surface area contributed by atoms with Crippen LogP contribution < -0.4 is 4.74 Å². The predicted molar refractivity (Wildman–Crippen MR) is 99.3 cm³/mol. The Bertz CT molecular complexity index is 643. The quantitative estimate of drug-likeness (QED) is 0.576. The molecule has 0 bridgehead atoms. The van der Waals surface area contributed by atoms with Gasteiger partial charge in [0.05, 0.1) is 0 Å². The maximum atomic E-state index is 10.9. The maximum Gasteiger partial charge on any atom is 0.148 e. The van der Waals surface area contributed by atoms with Crippen molar-refractivity contribution in [3.63, 3.8) is 0 Å². The minimum Gasteiger partial charge on any atom is -0.489 e. The van der Waals surface area contributed by atoms with Crippen molar-refractivity contribution in [1.29, 1.82) is 0 Å². The third-order valence-electron chi connectivity index (χ3n) is 3.85. The van der Waals surface area contributed by atoms with E-state index in [1.807, 2.05) is 36.4 Å². The van der Waals surface area contributed by atoms with Crippen LogP contribution in [0.4, 0.5) is 0 Å². The van der Waals surface area contributed by atoms with Crippen molar-refractivity contribution in [3.8, 4) is 5.75 Å². The Labute approximate surface area is 152 Å². The second-order valence-corrected chi connectivity index (χ2v) is 6.94. The van der Waals surface area contributed by atoms with Crippen LogP contribution in [-0.4, -0.2) is 19.5 Å². The molecule has 2 rings (SSSR count). The molecule has 2 aromatic carbocycles. The number of aldehydes is 1. The average Bonchev–Trinajstić information content (AvgIpc) is 2.58. The first kappa shape index (κ1) is 18.7. The van der Waals surface area contributed by atoms with Gasteiger partial charge in [0.2, 0.25) is 0 Å². The number of rotatable bonds is 9. The lowest BCUT2D eigenvalue weighted by atomic mass is 9.95. The Morgan fingerprint density at radius 1 is 1.12 bits per heavy atom. The SMILES string of the molecule is CO[C@H](C=O)C[C@H](C)Cc1cc(Br)cc(OCc2ccccc2)c1. The summed E-state index contributed by atoms with van der Waals surface area (Å²) in [7, 11) is 1.57. The van der Waals surface area contributed by atoms with Crippen LogP contribution in [0.5, 0.6) is 5.75 Å². The molecule has 0 aromatic heterocycles. The summed E-state index contributed by atoms with van der Waals surface area (Å²) in [6.07, 6.45) is 2.12. The summed E-state index contributed by atoms with van der Waals surface area (Å²) < 4.78 is 12.0. The Morgan fingerprint density at radius 3 is 2.54 bits per heavy atom. The molecule has 0 fully saturated rings. The molecule has 4 heteroatoms. The highest BCUT2D eigenvalue weighted by molar-refractivity contribution is 9.10. The highest BCUT2D eigenvalue weighted by Crippen LogP contribution is 2.25. The molecule has 3 nitrogen and oxygen atoms in total. The van der Waals surface area contributed by atoms with Crippen LogP contribution in [0.3, 0.4) is 0 Å². The third kappa shape index (κ3) is 6.10. The number of hydrogen-bond acceptors (Lipinski definition) is 3. The number of halogens is 1. The summed E-state index contributed by atoms with van der Waals surface area (Å²) in [5.74, 6) is 1.19. The molecule has 2 aromatic rings. The van der Waals surface area contributed by atoms with Gasteiger partial charge in [-0.05, 0) is 48.1 Å². The van der Waals surface area contributed by atoms with Crippen molar-refractivity contribution in [3.05, 3.63) is 64.1 Å². The summed E-state index contributed by atoms with van der Waals surface area (Å²) in [4.78, 5) is 10.9. The highest BCUT2D eigenvalue weighted by Gasteiger charge is 2.13. The van der Waals surface area contributed by atoms with Gasteiger partial charge in [-0.3, -0.25) is 0 Å². The first-order valence-electron chi connectivity index (χ1n) is 8.05. The zero-order valence-electron chi connectivity index (χ0n) is 14.1. The van der Waals surface area contributed by atoms with E-state index in [4.69, 9.17) is 9.47 Å². The van der Waals surface area contributed by atoms with Crippen molar-refractivity contribution < 1.29 is 14.3 Å². The van der Waals surface area contributed by atoms with Crippen LogP contribution in [0.15, 0.2) is 53.0 Å². The van der Waals surface area contributed by atoms with Gasteiger partial charge in [0, 0.05) is 11.6 Å². The van der Waals surface area contributed by atoms with Crippen LogP contribution in [0, 0.1) is 5.92 Å². The van der Waals surface area contributed by atoms with E-state index in [-0.39, 0.29) is 6.10 Å². The van der Waals surface area contributed by atoms with Crippen LogP contribution in [0.1, 0.15) is 24.5 Å². The van der Waals surface area contributed by atoms with E-state index in [0.29, 0.717) is 18.9 Å². The van der Waals surface area contributed by atoms with E-state index in [0.717, 1.165) is 28.5 Å². The molecule has 0 saturated carbocycles. The first-order chi connectivity index (χ1) is 11.6. The van der Waals surface area contributed by atoms with Crippen molar-refractivity contribution >= 4 is 22.2 Å². The maximum absolute atomic E-state index is 10.9. The summed E-state index contributed by atoms with van der Waals surface area (Å²) in [5, 5.41) is 0. The van der Waals surface area contributed by atoms with Crippen molar-refractivity contribution in [2.24, 2.45) is 5.92 Å². The third-order valence-corrected chi connectivity index (χ3v) is 4.31. The highest BCUT2D eigenvalue weighted by atomic mass is 79.9. The van der Waals surface area contributed by atoms with E-state index in [1.54, 1.807) is 7.11 Å². The molecule has 0 aliphatic rings. The standard InChI is InChI=1S/C20H23BrO3/c1-15(9-20(13-22)23-2)8-17-10-18(21)12-19(11-17)24-14-16-6-4-3-5-7-16/h3-7,10-13,15,20H,8-9,14H2,1-2H3/t15-,20+/m1/s1. The number of carbonyl (C=O) groups excluding carboxylic acids is 1. The minimum atomic E-state index is -0.332. The van der Waals surface area contributed by atoms with Crippen LogP contribution in [0.2, 0.25) is 0 Å². The molecule has 0 unspecified atom stereocenters. The van der Waals surface area contributed by atoms with Crippen molar-refractivity contribution in [2.45, 2.75) is 32.5 Å². The van der Waals surface area contributed by atoms with Gasteiger partial charge >= 0.3 is 0 Å². The number of carbonyl (C=O) groups is 1. The van der Waals surface area contributed by atoms with Gasteiger partial charge in [-0.15, -0.1) is 0 Å². The first-order valence-corrected chi connectivity index (χ1v) is 8.84. The Morgan fingerprint density at radius 2 is 1.88 bits per heavy atom. The summed E-state index contributed by atoms with van der Waals surface area (Å²) in [5.41, 5.74) is 2.32. The van der Waals surface area contributed by atoms with Gasteiger partial charge in [-0.1, -0.05) is 53.2 Å². The van der Waals surface area contributed by atoms with Crippen LogP contribution in [-0.2, 0) is 22.6 Å². The van der Waals surface area contributed by atoms with Crippen LogP contribution in [0.25, 0.3) is 0 Å². The number of ether oxygens (including phenoxy) is 2. The second kappa shape index (κ2) is 9.60. The molecule has 0 radical (unpaired) electrons. The fraction of sp³-hybridized carbons (Fsp3) is 0.350. The molecule has 0 heterocycles. The molecule has 24 heavy (non-hydrogen) atoms. The normalized spacial score (nSPS) is 13.3. The number of hydrogen-bond donors (Lipinski definition) is 0. The van der Waals surface area contributed by atoms with Crippen LogP contribution >= 0.6 is 15.9 Å². The van der Waals surface area contributed by atoms with Gasteiger partial charge in [0.15, 0.2) is 0 Å². The zero-order valence-corrected chi connectivity index (χ0v) is 15.7. The topological polar surface area (TPSA) is 35.5 Å². The largest absolute Gasteiger partial charge is 0.489 e. The van der Waals surface area contributed by atoms with Crippen molar-refractivity contribution in [2.75, 3.05) is 7.11 Å². The minimum absolute atomic E-state index is 0.332. The Balaban J connectivity index is 1.98. The molecule has 0 aliphatic heterocycles. The molecule has 0 N–H and O–H groups in total. The van der Waals surface area contributed by atoms with E-state index in [1.165, 1.54) is 5.56 Å². The molecule has 0 aliphatic carbocycles. The summed E-state index contributed by atoms with van der Waals surface area (Å²) >= 11 is 3.55. The molecule has 2 atom stereocenters. The molecule has 0 saturated heterocycles. The number of methoxy groups -OCH3 is 1. The van der Waals surface area contributed by atoms with Gasteiger partial charge in [-0.2, -0.15) is 0 Å². The average molecular weight is 391 g/mol. The predicted octanol–water partition coefficient (Wildman–Crippen LogP) is 4.81. The summed E-state index contributed by atoms with van der Waals surface area (Å²) in [6.45, 7) is 2.67. The van der Waals surface area contributed by atoms with E-state index >= 15 is 0 Å². The lowest BCUT2D eigenvalue weighted by molar-refractivity contribution is -0.117. The van der Waals surface area contributed by atoms with Gasteiger partial charge in [-0.25, -0.2) is 0 Å². The van der Waals surface area contributed by atoms with E-state index < -0.39 is 0 Å². The fourth-order valence-corrected chi connectivity index (χ4v) is 3.17. The Hall–Kier alpha value is -1.65. The van der Waals surface area contributed by atoms with E-state index in [2.05, 4.69) is 35.0 Å². The lowest BCUT2D eigenvalue weighted by Gasteiger charge is -2.16. The second-order valence-electron chi connectivity index (χ2n) is 6.02. The molecule has 128 valence electrons. The molecule has 0 amide bonds. The van der Waals surface area contributed by atoms with E-state index in [9.17, 15) is 4.79 Å². The molecule has 0 spiro atoms. The zero-order chi connectivity index (χ0) is 17.4. The lowest BCUT2D eigenvalue weighted by Crippen LogP contribution is -2.17.